The molecule has 164 valence electrons. The van der Waals surface area contributed by atoms with Crippen molar-refractivity contribution in [2.75, 3.05) is 33.9 Å². The number of rotatable bonds is 11. The summed E-state index contributed by atoms with van der Waals surface area (Å²) in [4.78, 5) is 2.34. The number of nitrogens with zero attached hydrogens (tertiary/aromatic N) is 1. The van der Waals surface area contributed by atoms with Crippen LogP contribution >= 0.6 is 11.6 Å². The fourth-order valence-electron chi connectivity index (χ4n) is 3.85. The summed E-state index contributed by atoms with van der Waals surface area (Å²) in [5.74, 6) is 1.37. The molecule has 0 radical (unpaired) electrons. The first-order chi connectivity index (χ1) is 15.2. The van der Waals surface area contributed by atoms with Gasteiger partial charge in [-0.05, 0) is 29.2 Å². The molecule has 0 saturated carbocycles. The van der Waals surface area contributed by atoms with Crippen molar-refractivity contribution in [2.45, 2.75) is 18.9 Å². The highest BCUT2D eigenvalue weighted by atomic mass is 35.5. The van der Waals surface area contributed by atoms with E-state index in [9.17, 15) is 5.11 Å². The van der Waals surface area contributed by atoms with Crippen LogP contribution in [0, 0.1) is 0 Å². The molecule has 0 aliphatic carbocycles. The van der Waals surface area contributed by atoms with Gasteiger partial charge >= 0.3 is 0 Å². The van der Waals surface area contributed by atoms with Crippen molar-refractivity contribution in [3.05, 3.63) is 94.5 Å². The molecule has 0 unspecified atom stereocenters. The van der Waals surface area contributed by atoms with E-state index in [1.807, 2.05) is 24.3 Å². The highest BCUT2D eigenvalue weighted by Crippen LogP contribution is 2.38. The Labute approximate surface area is 190 Å². The van der Waals surface area contributed by atoms with Gasteiger partial charge in [0.15, 0.2) is 11.5 Å². The van der Waals surface area contributed by atoms with Crippen molar-refractivity contribution in [3.63, 3.8) is 0 Å². The molecule has 0 bridgehead atoms. The maximum Gasteiger partial charge on any atom is 0.179 e. The first kappa shape index (κ1) is 23.1. The summed E-state index contributed by atoms with van der Waals surface area (Å²) >= 11 is 6.66. The first-order valence-corrected chi connectivity index (χ1v) is 10.9. The van der Waals surface area contributed by atoms with Crippen molar-refractivity contribution < 1.29 is 14.6 Å². The number of hydrogen-bond donors (Lipinski definition) is 1. The Morgan fingerprint density at radius 1 is 0.871 bits per heavy atom. The van der Waals surface area contributed by atoms with Crippen LogP contribution in [0.25, 0.3) is 0 Å². The van der Waals surface area contributed by atoms with E-state index >= 15 is 0 Å². The lowest BCUT2D eigenvalue weighted by Gasteiger charge is -2.29. The molecule has 0 aliphatic rings. The zero-order valence-electron chi connectivity index (χ0n) is 18.1. The maximum atomic E-state index is 9.47. The lowest BCUT2D eigenvalue weighted by atomic mass is 9.90. The van der Waals surface area contributed by atoms with Crippen LogP contribution in [0.1, 0.15) is 29.0 Å². The lowest BCUT2D eigenvalue weighted by Crippen LogP contribution is -2.30. The monoisotopic (exact) mass is 439 g/mol. The summed E-state index contributed by atoms with van der Waals surface area (Å²) in [5, 5.41) is 10.0. The van der Waals surface area contributed by atoms with Crippen LogP contribution in [0.4, 0.5) is 0 Å². The Morgan fingerprint density at radius 2 is 1.48 bits per heavy atom. The average Bonchev–Trinajstić information content (AvgIpc) is 2.82. The Bertz CT molecular complexity index is 895. The van der Waals surface area contributed by atoms with Crippen molar-refractivity contribution in [2.24, 2.45) is 0 Å². The fraction of sp³-hybridized carbons (Fsp3) is 0.308. The summed E-state index contributed by atoms with van der Waals surface area (Å²) < 4.78 is 10.8. The third-order valence-corrected chi connectivity index (χ3v) is 5.85. The molecule has 0 spiro atoms. The van der Waals surface area contributed by atoms with Crippen LogP contribution < -0.4 is 9.47 Å². The van der Waals surface area contributed by atoms with E-state index in [0.29, 0.717) is 29.5 Å². The van der Waals surface area contributed by atoms with E-state index in [1.54, 1.807) is 14.2 Å². The zero-order valence-corrected chi connectivity index (χ0v) is 18.9. The quantitative estimate of drug-likeness (QED) is 0.436. The molecule has 0 amide bonds. The van der Waals surface area contributed by atoms with Gasteiger partial charge in [-0.15, -0.1) is 0 Å². The molecular formula is C26H30ClNO3. The Hall–Kier alpha value is -2.53. The lowest BCUT2D eigenvalue weighted by molar-refractivity contribution is 0.214. The minimum atomic E-state index is 0.150. The molecule has 1 N–H and O–H groups in total. The third-order valence-electron chi connectivity index (χ3n) is 5.44. The predicted octanol–water partition coefficient (Wildman–Crippen LogP) is 5.37. The van der Waals surface area contributed by atoms with Crippen LogP contribution in [0.2, 0.25) is 5.02 Å². The van der Waals surface area contributed by atoms with E-state index in [4.69, 9.17) is 21.1 Å². The van der Waals surface area contributed by atoms with Gasteiger partial charge < -0.3 is 14.6 Å². The van der Waals surface area contributed by atoms with Gasteiger partial charge in [-0.3, -0.25) is 4.90 Å². The van der Waals surface area contributed by atoms with Crippen molar-refractivity contribution >= 4 is 11.6 Å². The van der Waals surface area contributed by atoms with Gasteiger partial charge in [-0.1, -0.05) is 78.3 Å². The highest BCUT2D eigenvalue weighted by Gasteiger charge is 2.21. The molecule has 31 heavy (non-hydrogen) atoms. The minimum Gasteiger partial charge on any atom is -0.493 e. The van der Waals surface area contributed by atoms with Crippen molar-refractivity contribution in [1.82, 2.24) is 4.90 Å². The second-order valence-electron chi connectivity index (χ2n) is 7.46. The third kappa shape index (κ3) is 6.01. The number of halogens is 1. The normalized spacial score (nSPS) is 11.2. The topological polar surface area (TPSA) is 41.9 Å². The number of aliphatic hydroxyl groups is 1. The standard InChI is InChI=1S/C26H30ClNO3/c1-30-24-15-14-22(25(27)26(24)31-2)18-28(16-9-17-29)19-23(20-10-5-3-6-11-20)21-12-7-4-8-13-21/h3-8,10-15,23,29H,9,16-19H2,1-2H3. The molecule has 0 aliphatic heterocycles. The maximum absolute atomic E-state index is 9.47. The summed E-state index contributed by atoms with van der Waals surface area (Å²) in [7, 11) is 3.20. The largest absolute Gasteiger partial charge is 0.493 e. The SMILES string of the molecule is COc1ccc(CN(CCCO)CC(c2ccccc2)c2ccccc2)c(Cl)c1OC. The zero-order chi connectivity index (χ0) is 22.1. The Kier molecular flexibility index (Phi) is 8.77. The van der Waals surface area contributed by atoms with Crippen molar-refractivity contribution in [1.29, 1.82) is 0 Å². The number of aliphatic hydroxyl groups excluding tert-OH is 1. The van der Waals surface area contributed by atoms with Gasteiger partial charge in [0.2, 0.25) is 0 Å². The molecule has 5 heteroatoms. The summed E-state index contributed by atoms with van der Waals surface area (Å²) in [5.41, 5.74) is 3.50. The Morgan fingerprint density at radius 3 is 2.00 bits per heavy atom. The second-order valence-corrected chi connectivity index (χ2v) is 7.84. The number of benzene rings is 3. The van der Waals surface area contributed by atoms with E-state index in [-0.39, 0.29) is 12.5 Å². The summed E-state index contributed by atoms with van der Waals surface area (Å²) in [6, 6.07) is 24.9. The van der Waals surface area contributed by atoms with E-state index in [1.165, 1.54) is 11.1 Å². The average molecular weight is 440 g/mol. The fourth-order valence-corrected chi connectivity index (χ4v) is 4.15. The van der Waals surface area contributed by atoms with Gasteiger partial charge in [0, 0.05) is 32.2 Å². The second kappa shape index (κ2) is 11.8. The smallest absolute Gasteiger partial charge is 0.179 e. The predicted molar refractivity (Wildman–Crippen MR) is 126 cm³/mol. The molecule has 0 saturated heterocycles. The van der Waals surface area contributed by atoms with Crippen LogP contribution in [-0.2, 0) is 6.54 Å². The molecule has 0 fully saturated rings. The molecule has 0 heterocycles. The van der Waals surface area contributed by atoms with Gasteiger partial charge in [-0.25, -0.2) is 0 Å². The van der Waals surface area contributed by atoms with Crippen LogP contribution in [0.5, 0.6) is 11.5 Å². The van der Waals surface area contributed by atoms with E-state index in [0.717, 1.165) is 18.7 Å². The van der Waals surface area contributed by atoms with Gasteiger partial charge in [0.05, 0.1) is 19.2 Å². The molecular weight excluding hydrogens is 410 g/mol. The molecule has 3 aromatic carbocycles. The van der Waals surface area contributed by atoms with Gasteiger partial charge in [0.25, 0.3) is 0 Å². The number of hydrogen-bond acceptors (Lipinski definition) is 4. The van der Waals surface area contributed by atoms with Crippen LogP contribution in [0.15, 0.2) is 72.8 Å². The highest BCUT2D eigenvalue weighted by molar-refractivity contribution is 6.33. The van der Waals surface area contributed by atoms with Gasteiger partial charge in [-0.2, -0.15) is 0 Å². The number of ether oxygens (including phenoxy) is 2. The molecule has 4 nitrogen and oxygen atoms in total. The van der Waals surface area contributed by atoms with Crippen LogP contribution in [-0.4, -0.2) is 43.9 Å². The summed E-state index contributed by atoms with van der Waals surface area (Å²) in [6.45, 7) is 2.36. The summed E-state index contributed by atoms with van der Waals surface area (Å²) in [6.07, 6.45) is 0.696. The van der Waals surface area contributed by atoms with Gasteiger partial charge in [0.1, 0.15) is 0 Å². The Balaban J connectivity index is 1.91. The molecule has 3 rings (SSSR count). The first-order valence-electron chi connectivity index (χ1n) is 10.5. The molecule has 0 aromatic heterocycles. The molecule has 3 aromatic rings. The van der Waals surface area contributed by atoms with E-state index < -0.39 is 0 Å². The van der Waals surface area contributed by atoms with E-state index in [2.05, 4.69) is 53.4 Å². The van der Waals surface area contributed by atoms with Crippen molar-refractivity contribution in [3.8, 4) is 11.5 Å². The molecule has 0 atom stereocenters. The minimum absolute atomic E-state index is 0.150. The number of methoxy groups -OCH3 is 2. The van der Waals surface area contributed by atoms with Crippen LogP contribution in [0.3, 0.4) is 0 Å².